The number of nitrogens with zero attached hydrogens (tertiary/aromatic N) is 1. The fraction of sp³-hybridized carbons (Fsp3) is 0.200. The summed E-state index contributed by atoms with van der Waals surface area (Å²) < 4.78 is 3.68. The molecule has 0 spiro atoms. The summed E-state index contributed by atoms with van der Waals surface area (Å²) >= 11 is 1.83. The second-order valence-electron chi connectivity index (χ2n) is 4.41. The van der Waals surface area contributed by atoms with Crippen LogP contribution in [0.2, 0.25) is 0 Å². The first-order chi connectivity index (χ1) is 8.88. The van der Waals surface area contributed by atoms with E-state index >= 15 is 0 Å². The number of nitrogens with one attached hydrogen (secondary N) is 1. The summed E-state index contributed by atoms with van der Waals surface area (Å²) in [6.07, 6.45) is 2.15. The molecule has 0 atom stereocenters. The highest BCUT2D eigenvalue weighted by atomic mass is 32.1. The molecule has 1 aromatic carbocycles. The lowest BCUT2D eigenvalue weighted by Crippen LogP contribution is -2.11. The van der Waals surface area contributed by atoms with Crippen LogP contribution in [-0.2, 0) is 13.1 Å². The van der Waals surface area contributed by atoms with Crippen molar-refractivity contribution in [2.75, 3.05) is 7.05 Å². The standard InChI is InChI=1S/C15H16N2S/c1-16-9-13-5-4-8-17(13)10-12-11-18-15-7-3-2-6-14(12)15/h2-8,11,16H,9-10H2,1H3. The molecule has 2 aromatic heterocycles. The summed E-state index contributed by atoms with van der Waals surface area (Å²) in [6, 6.07) is 12.9. The van der Waals surface area contributed by atoms with Gasteiger partial charge in [-0.2, -0.15) is 0 Å². The van der Waals surface area contributed by atoms with Gasteiger partial charge in [-0.1, -0.05) is 18.2 Å². The average molecular weight is 256 g/mol. The molecule has 0 amide bonds. The van der Waals surface area contributed by atoms with Crippen LogP contribution in [0.25, 0.3) is 10.1 Å². The molecule has 2 heterocycles. The normalized spacial score (nSPS) is 11.2. The van der Waals surface area contributed by atoms with Crippen LogP contribution in [0.15, 0.2) is 48.0 Å². The van der Waals surface area contributed by atoms with E-state index in [1.807, 2.05) is 18.4 Å². The molecule has 0 saturated heterocycles. The molecule has 0 aliphatic heterocycles. The zero-order chi connectivity index (χ0) is 12.4. The minimum Gasteiger partial charge on any atom is -0.346 e. The van der Waals surface area contributed by atoms with Crippen LogP contribution in [0.1, 0.15) is 11.3 Å². The molecule has 3 rings (SSSR count). The van der Waals surface area contributed by atoms with E-state index in [4.69, 9.17) is 0 Å². The molecule has 0 aliphatic carbocycles. The molecular formula is C15H16N2S. The van der Waals surface area contributed by atoms with Gasteiger partial charge in [-0.05, 0) is 41.6 Å². The minimum absolute atomic E-state index is 0.912. The molecule has 3 heteroatoms. The number of hydrogen-bond donors (Lipinski definition) is 1. The fourth-order valence-corrected chi connectivity index (χ4v) is 3.24. The predicted molar refractivity (Wildman–Crippen MR) is 78.1 cm³/mol. The number of thiophene rings is 1. The van der Waals surface area contributed by atoms with E-state index in [0.717, 1.165) is 13.1 Å². The van der Waals surface area contributed by atoms with E-state index in [0.29, 0.717) is 0 Å². The lowest BCUT2D eigenvalue weighted by molar-refractivity contribution is 0.697. The lowest BCUT2D eigenvalue weighted by atomic mass is 10.2. The Morgan fingerprint density at radius 2 is 2.06 bits per heavy atom. The van der Waals surface area contributed by atoms with E-state index < -0.39 is 0 Å². The van der Waals surface area contributed by atoms with Crippen LogP contribution in [0.5, 0.6) is 0 Å². The second-order valence-corrected chi connectivity index (χ2v) is 5.33. The zero-order valence-electron chi connectivity index (χ0n) is 10.4. The SMILES string of the molecule is CNCc1cccn1Cc1csc2ccccc12. The minimum atomic E-state index is 0.912. The van der Waals surface area contributed by atoms with Crippen LogP contribution in [0.3, 0.4) is 0 Å². The third kappa shape index (κ3) is 2.07. The van der Waals surface area contributed by atoms with Crippen molar-refractivity contribution in [1.29, 1.82) is 0 Å². The first-order valence-corrected chi connectivity index (χ1v) is 7.00. The van der Waals surface area contributed by atoms with Gasteiger partial charge < -0.3 is 9.88 Å². The van der Waals surface area contributed by atoms with Crippen molar-refractivity contribution in [3.8, 4) is 0 Å². The Labute approximate surface area is 111 Å². The van der Waals surface area contributed by atoms with Crippen LogP contribution in [-0.4, -0.2) is 11.6 Å². The molecule has 0 bridgehead atoms. The Balaban J connectivity index is 1.94. The summed E-state index contributed by atoms with van der Waals surface area (Å²) in [5, 5.41) is 6.86. The van der Waals surface area contributed by atoms with Gasteiger partial charge in [0.25, 0.3) is 0 Å². The van der Waals surface area contributed by atoms with Gasteiger partial charge in [0.2, 0.25) is 0 Å². The Morgan fingerprint density at radius 3 is 2.94 bits per heavy atom. The van der Waals surface area contributed by atoms with E-state index in [1.54, 1.807) is 0 Å². The lowest BCUT2D eigenvalue weighted by Gasteiger charge is -2.08. The molecule has 0 saturated carbocycles. The summed E-state index contributed by atoms with van der Waals surface area (Å²) in [4.78, 5) is 0. The largest absolute Gasteiger partial charge is 0.346 e. The Bertz CT molecular complexity index is 651. The van der Waals surface area contributed by atoms with Crippen molar-refractivity contribution in [2.45, 2.75) is 13.1 Å². The van der Waals surface area contributed by atoms with Crippen molar-refractivity contribution >= 4 is 21.4 Å². The second kappa shape index (κ2) is 4.96. The maximum absolute atomic E-state index is 3.21. The summed E-state index contributed by atoms with van der Waals surface area (Å²) in [5.41, 5.74) is 2.73. The van der Waals surface area contributed by atoms with E-state index in [-0.39, 0.29) is 0 Å². The monoisotopic (exact) mass is 256 g/mol. The maximum atomic E-state index is 3.21. The first-order valence-electron chi connectivity index (χ1n) is 6.12. The Kier molecular flexibility index (Phi) is 3.17. The maximum Gasteiger partial charge on any atom is 0.0487 e. The molecule has 0 unspecified atom stereocenters. The van der Waals surface area contributed by atoms with Crippen LogP contribution < -0.4 is 5.32 Å². The van der Waals surface area contributed by atoms with Gasteiger partial charge in [0.05, 0.1) is 0 Å². The van der Waals surface area contributed by atoms with Crippen LogP contribution in [0, 0.1) is 0 Å². The van der Waals surface area contributed by atoms with E-state index in [1.165, 1.54) is 21.3 Å². The number of aromatic nitrogens is 1. The van der Waals surface area contributed by atoms with Crippen molar-refractivity contribution < 1.29 is 0 Å². The molecule has 1 N–H and O–H groups in total. The van der Waals surface area contributed by atoms with Gasteiger partial charge in [0.1, 0.15) is 0 Å². The third-order valence-corrected chi connectivity index (χ3v) is 4.20. The average Bonchev–Trinajstić information content (AvgIpc) is 2.99. The highest BCUT2D eigenvalue weighted by Gasteiger charge is 2.06. The van der Waals surface area contributed by atoms with Crippen molar-refractivity contribution in [1.82, 2.24) is 9.88 Å². The molecule has 18 heavy (non-hydrogen) atoms. The number of rotatable bonds is 4. The molecule has 0 aliphatic rings. The third-order valence-electron chi connectivity index (χ3n) is 3.18. The van der Waals surface area contributed by atoms with Gasteiger partial charge in [-0.3, -0.25) is 0 Å². The molecule has 0 fully saturated rings. The van der Waals surface area contributed by atoms with Crippen LogP contribution >= 0.6 is 11.3 Å². The van der Waals surface area contributed by atoms with Gasteiger partial charge in [-0.25, -0.2) is 0 Å². The highest BCUT2D eigenvalue weighted by molar-refractivity contribution is 7.17. The van der Waals surface area contributed by atoms with E-state index in [2.05, 4.69) is 57.9 Å². The van der Waals surface area contributed by atoms with E-state index in [9.17, 15) is 0 Å². The zero-order valence-corrected chi connectivity index (χ0v) is 11.2. The van der Waals surface area contributed by atoms with Gasteiger partial charge in [0.15, 0.2) is 0 Å². The van der Waals surface area contributed by atoms with Gasteiger partial charge in [-0.15, -0.1) is 11.3 Å². The Hall–Kier alpha value is -1.58. The van der Waals surface area contributed by atoms with Gasteiger partial charge in [0, 0.05) is 29.7 Å². The van der Waals surface area contributed by atoms with Crippen molar-refractivity contribution in [3.05, 3.63) is 59.2 Å². The highest BCUT2D eigenvalue weighted by Crippen LogP contribution is 2.26. The molecular weight excluding hydrogens is 240 g/mol. The Morgan fingerprint density at radius 1 is 1.17 bits per heavy atom. The summed E-state index contributed by atoms with van der Waals surface area (Å²) in [6.45, 7) is 1.86. The molecule has 2 nitrogen and oxygen atoms in total. The number of benzene rings is 1. The molecule has 92 valence electrons. The van der Waals surface area contributed by atoms with Crippen LogP contribution in [0.4, 0.5) is 0 Å². The smallest absolute Gasteiger partial charge is 0.0487 e. The van der Waals surface area contributed by atoms with Crippen molar-refractivity contribution in [2.24, 2.45) is 0 Å². The quantitative estimate of drug-likeness (QED) is 0.756. The fourth-order valence-electron chi connectivity index (χ4n) is 2.28. The first kappa shape index (κ1) is 11.5. The summed E-state index contributed by atoms with van der Waals surface area (Å²) in [7, 11) is 1.98. The molecule has 0 radical (unpaired) electrons. The number of fused-ring (bicyclic) bond motifs is 1. The summed E-state index contributed by atoms with van der Waals surface area (Å²) in [5.74, 6) is 0. The van der Waals surface area contributed by atoms with Crippen molar-refractivity contribution in [3.63, 3.8) is 0 Å². The topological polar surface area (TPSA) is 17.0 Å². The van der Waals surface area contributed by atoms with Gasteiger partial charge >= 0.3 is 0 Å². The molecule has 3 aromatic rings. The number of hydrogen-bond acceptors (Lipinski definition) is 2. The predicted octanol–water partition coefficient (Wildman–Crippen LogP) is 3.47.